The van der Waals surface area contributed by atoms with Crippen molar-refractivity contribution in [1.82, 2.24) is 4.98 Å². The van der Waals surface area contributed by atoms with Crippen LogP contribution in [-0.2, 0) is 9.53 Å². The van der Waals surface area contributed by atoms with Crippen molar-refractivity contribution < 1.29 is 24.2 Å². The van der Waals surface area contributed by atoms with Gasteiger partial charge >= 0.3 is 11.9 Å². The first-order valence-electron chi connectivity index (χ1n) is 7.66. The predicted molar refractivity (Wildman–Crippen MR) is 87.6 cm³/mol. The Morgan fingerprint density at radius 1 is 1.38 bits per heavy atom. The number of carboxylic acid groups (broad SMARTS) is 1. The lowest BCUT2D eigenvalue weighted by Crippen LogP contribution is -2.51. The Balaban J connectivity index is 2.11. The fourth-order valence-electron chi connectivity index (χ4n) is 2.80. The first-order valence-corrected chi connectivity index (χ1v) is 7.66. The second-order valence-corrected chi connectivity index (χ2v) is 5.56. The van der Waals surface area contributed by atoms with Crippen molar-refractivity contribution in [3.63, 3.8) is 0 Å². The van der Waals surface area contributed by atoms with E-state index in [0.29, 0.717) is 35.6 Å². The van der Waals surface area contributed by atoms with E-state index in [1.54, 1.807) is 32.2 Å². The summed E-state index contributed by atoms with van der Waals surface area (Å²) in [7, 11) is 1.56. The third kappa shape index (κ3) is 2.73. The summed E-state index contributed by atoms with van der Waals surface area (Å²) in [6.45, 7) is 2.68. The molecule has 1 fully saturated rings. The number of methoxy groups -OCH3 is 1. The summed E-state index contributed by atoms with van der Waals surface area (Å²) in [6, 6.07) is 5.40. The smallest absolute Gasteiger partial charge is 0.341 e. The summed E-state index contributed by atoms with van der Waals surface area (Å²) in [5, 5.41) is 9.85. The van der Waals surface area contributed by atoms with Gasteiger partial charge < -0.3 is 19.5 Å². The largest absolute Gasteiger partial charge is 0.497 e. The van der Waals surface area contributed by atoms with E-state index in [-0.39, 0.29) is 6.61 Å². The first-order chi connectivity index (χ1) is 11.5. The van der Waals surface area contributed by atoms with Gasteiger partial charge in [0, 0.05) is 24.7 Å². The molecule has 1 aliphatic rings. The Hall–Kier alpha value is -2.83. The van der Waals surface area contributed by atoms with E-state index in [2.05, 4.69) is 4.98 Å². The van der Waals surface area contributed by atoms with Gasteiger partial charge in [0.2, 0.25) is 0 Å². The van der Waals surface area contributed by atoms with Crippen molar-refractivity contribution in [2.75, 3.05) is 31.7 Å². The summed E-state index contributed by atoms with van der Waals surface area (Å²) in [6.07, 6.45) is 1.48. The van der Waals surface area contributed by atoms with Crippen LogP contribution in [0.5, 0.6) is 5.75 Å². The summed E-state index contributed by atoms with van der Waals surface area (Å²) >= 11 is 0. The van der Waals surface area contributed by atoms with Crippen LogP contribution in [0.3, 0.4) is 0 Å². The van der Waals surface area contributed by atoms with E-state index in [9.17, 15) is 9.59 Å². The van der Waals surface area contributed by atoms with Gasteiger partial charge in [0.25, 0.3) is 0 Å². The van der Waals surface area contributed by atoms with Crippen LogP contribution in [0.2, 0.25) is 0 Å². The third-order valence-corrected chi connectivity index (χ3v) is 4.09. The third-order valence-electron chi connectivity index (χ3n) is 4.09. The minimum atomic E-state index is -0.833. The summed E-state index contributed by atoms with van der Waals surface area (Å²) in [5.74, 6) is -1.10. The molecule has 0 atom stereocenters. The molecule has 0 radical (unpaired) electrons. The number of fused-ring (bicyclic) bond motifs is 1. The maximum atomic E-state index is 12.3. The Bertz CT molecular complexity index is 799. The summed E-state index contributed by atoms with van der Waals surface area (Å²) in [4.78, 5) is 29.6. The van der Waals surface area contributed by atoms with Crippen LogP contribution in [0.4, 0.5) is 5.69 Å². The molecule has 2 heterocycles. The summed E-state index contributed by atoms with van der Waals surface area (Å²) < 4.78 is 10.4. The Labute approximate surface area is 138 Å². The second-order valence-electron chi connectivity index (χ2n) is 5.56. The number of rotatable bonds is 5. The highest BCUT2D eigenvalue weighted by molar-refractivity contribution is 6.06. The number of pyridine rings is 1. The number of nitrogens with zero attached hydrogens (tertiary/aromatic N) is 2. The van der Waals surface area contributed by atoms with Gasteiger partial charge in [-0.05, 0) is 25.1 Å². The minimum Gasteiger partial charge on any atom is -0.497 e. The van der Waals surface area contributed by atoms with Gasteiger partial charge in [-0.2, -0.15) is 0 Å². The number of carbonyl (C=O) groups is 2. The van der Waals surface area contributed by atoms with Crippen LogP contribution in [0.15, 0.2) is 24.4 Å². The van der Waals surface area contributed by atoms with E-state index in [1.807, 2.05) is 4.90 Å². The van der Waals surface area contributed by atoms with Crippen LogP contribution in [0.25, 0.3) is 10.9 Å². The number of hydrogen-bond acceptors (Lipinski definition) is 6. The molecule has 126 valence electrons. The van der Waals surface area contributed by atoms with E-state index < -0.39 is 17.9 Å². The number of aliphatic carboxylic acids is 1. The molecule has 7 nitrogen and oxygen atoms in total. The molecule has 7 heteroatoms. The average molecular weight is 330 g/mol. The molecule has 0 saturated carbocycles. The molecule has 0 aliphatic carbocycles. The average Bonchev–Trinajstić information content (AvgIpc) is 2.52. The van der Waals surface area contributed by atoms with Crippen LogP contribution >= 0.6 is 0 Å². The first kappa shape index (κ1) is 16.0. The zero-order chi connectivity index (χ0) is 17.3. The van der Waals surface area contributed by atoms with Crippen molar-refractivity contribution in [2.45, 2.75) is 6.92 Å². The fraction of sp³-hybridized carbons (Fsp3) is 0.353. The molecule has 24 heavy (non-hydrogen) atoms. The molecular formula is C17H18N2O5. The number of ether oxygens (including phenoxy) is 2. The number of carboxylic acids is 1. The molecule has 2 aromatic rings. The van der Waals surface area contributed by atoms with Crippen LogP contribution in [0, 0.1) is 5.92 Å². The molecule has 1 saturated heterocycles. The Kier molecular flexibility index (Phi) is 4.24. The van der Waals surface area contributed by atoms with E-state index in [0.717, 1.165) is 5.39 Å². The van der Waals surface area contributed by atoms with Gasteiger partial charge in [0.15, 0.2) is 0 Å². The topological polar surface area (TPSA) is 89.0 Å². The zero-order valence-electron chi connectivity index (χ0n) is 13.5. The lowest BCUT2D eigenvalue weighted by Gasteiger charge is -2.39. The number of carbonyl (C=O) groups excluding carboxylic acids is 1. The molecule has 0 unspecified atom stereocenters. The molecule has 1 N–H and O–H groups in total. The van der Waals surface area contributed by atoms with Gasteiger partial charge in [-0.25, -0.2) is 4.79 Å². The summed E-state index contributed by atoms with van der Waals surface area (Å²) in [5.41, 5.74) is 1.69. The number of anilines is 1. The SMILES string of the molecule is CCOC(=O)c1cnc2ccc(OC)cc2c1N1CC(C(=O)O)C1. The molecule has 1 aliphatic heterocycles. The van der Waals surface area contributed by atoms with Gasteiger partial charge in [-0.1, -0.05) is 0 Å². The molecular weight excluding hydrogens is 312 g/mol. The molecule has 3 rings (SSSR count). The van der Waals surface area contributed by atoms with Gasteiger partial charge in [-0.15, -0.1) is 0 Å². The molecule has 0 bridgehead atoms. The number of hydrogen-bond donors (Lipinski definition) is 1. The highest BCUT2D eigenvalue weighted by Gasteiger charge is 2.35. The van der Waals surface area contributed by atoms with Crippen LogP contribution in [-0.4, -0.2) is 48.8 Å². The Morgan fingerprint density at radius 3 is 2.75 bits per heavy atom. The van der Waals surface area contributed by atoms with Gasteiger partial charge in [0.05, 0.1) is 30.8 Å². The van der Waals surface area contributed by atoms with Gasteiger partial charge in [0.1, 0.15) is 11.3 Å². The lowest BCUT2D eigenvalue weighted by molar-refractivity contribution is -0.142. The van der Waals surface area contributed by atoms with Crippen molar-refractivity contribution in [2.24, 2.45) is 5.92 Å². The van der Waals surface area contributed by atoms with E-state index >= 15 is 0 Å². The second kappa shape index (κ2) is 6.35. The fourth-order valence-corrected chi connectivity index (χ4v) is 2.80. The highest BCUT2D eigenvalue weighted by Crippen LogP contribution is 2.36. The van der Waals surface area contributed by atoms with E-state index in [1.165, 1.54) is 6.20 Å². The lowest BCUT2D eigenvalue weighted by atomic mass is 9.96. The van der Waals surface area contributed by atoms with Crippen molar-refractivity contribution in [3.8, 4) is 5.75 Å². The molecule has 1 aromatic heterocycles. The number of benzene rings is 1. The molecule has 1 aromatic carbocycles. The highest BCUT2D eigenvalue weighted by atomic mass is 16.5. The van der Waals surface area contributed by atoms with E-state index in [4.69, 9.17) is 14.6 Å². The standard InChI is InChI=1S/C17H18N2O5/c1-3-24-17(22)13-7-18-14-5-4-11(23-2)6-12(14)15(13)19-8-10(9-19)16(20)21/h4-7,10H,3,8-9H2,1-2H3,(H,20,21). The number of aromatic nitrogens is 1. The van der Waals surface area contributed by atoms with Crippen LogP contribution < -0.4 is 9.64 Å². The number of esters is 1. The van der Waals surface area contributed by atoms with Crippen LogP contribution in [0.1, 0.15) is 17.3 Å². The molecule has 0 amide bonds. The Morgan fingerprint density at radius 2 is 2.12 bits per heavy atom. The van der Waals surface area contributed by atoms with Crippen molar-refractivity contribution in [1.29, 1.82) is 0 Å². The molecule has 0 spiro atoms. The van der Waals surface area contributed by atoms with Crippen molar-refractivity contribution in [3.05, 3.63) is 30.0 Å². The van der Waals surface area contributed by atoms with Gasteiger partial charge in [-0.3, -0.25) is 9.78 Å². The monoisotopic (exact) mass is 330 g/mol. The quantitative estimate of drug-likeness (QED) is 0.838. The zero-order valence-corrected chi connectivity index (χ0v) is 13.5. The normalized spacial score (nSPS) is 14.3. The maximum absolute atomic E-state index is 12.3. The van der Waals surface area contributed by atoms with Crippen molar-refractivity contribution >= 4 is 28.5 Å². The predicted octanol–water partition coefficient (Wildman–Crippen LogP) is 1.94. The maximum Gasteiger partial charge on any atom is 0.341 e. The minimum absolute atomic E-state index is 0.256.